The van der Waals surface area contributed by atoms with Gasteiger partial charge < -0.3 is 16.0 Å². The minimum Gasteiger partial charge on any atom is -0.326 e. The Labute approximate surface area is 185 Å². The molecule has 3 N–H and O–H groups in total. The number of carbonyl (C=O) groups excluding carboxylic acids is 3. The van der Waals surface area contributed by atoms with Crippen LogP contribution in [0.2, 0.25) is 0 Å². The normalized spacial score (nSPS) is 10.3. The molecule has 0 aromatic heterocycles. The number of benzene rings is 3. The summed E-state index contributed by atoms with van der Waals surface area (Å²) in [5, 5.41) is 8.41. The third kappa shape index (κ3) is 6.72. The smallest absolute Gasteiger partial charge is 0.255 e. The van der Waals surface area contributed by atoms with Gasteiger partial charge in [-0.1, -0.05) is 24.3 Å². The van der Waals surface area contributed by atoms with E-state index in [0.717, 1.165) is 10.5 Å². The third-order valence-electron chi connectivity index (χ3n) is 4.34. The Bertz CT molecular complexity index is 1100. The van der Waals surface area contributed by atoms with Crippen molar-refractivity contribution in [2.24, 2.45) is 0 Å². The van der Waals surface area contributed by atoms with Crippen molar-refractivity contribution in [1.82, 2.24) is 0 Å². The molecule has 0 saturated heterocycles. The van der Waals surface area contributed by atoms with Crippen LogP contribution in [-0.4, -0.2) is 23.5 Å². The Morgan fingerprint density at radius 2 is 1.45 bits per heavy atom. The first-order valence-electron chi connectivity index (χ1n) is 9.68. The van der Waals surface area contributed by atoms with Gasteiger partial charge in [-0.2, -0.15) is 0 Å². The second kappa shape index (κ2) is 10.4. The van der Waals surface area contributed by atoms with Gasteiger partial charge in [-0.3, -0.25) is 14.4 Å². The molecule has 7 heteroatoms. The first-order chi connectivity index (χ1) is 14.9. The molecule has 0 atom stereocenters. The summed E-state index contributed by atoms with van der Waals surface area (Å²) in [7, 11) is 0. The zero-order valence-electron chi connectivity index (χ0n) is 17.3. The standard InChI is InChI=1S/C24H23N3O3S/c1-16-6-3-4-9-22(16)24(30)27-20-7-5-8-21(14-20)31-15-23(29)26-19-12-10-18(11-13-19)25-17(2)28/h3-14H,15H2,1-2H3,(H,25,28)(H,26,29)(H,27,30). The molecular weight excluding hydrogens is 410 g/mol. The number of anilines is 3. The molecule has 3 amide bonds. The fourth-order valence-corrected chi connectivity index (χ4v) is 3.63. The van der Waals surface area contributed by atoms with E-state index in [1.165, 1.54) is 18.7 Å². The lowest BCUT2D eigenvalue weighted by Crippen LogP contribution is -2.14. The molecule has 3 aromatic carbocycles. The topological polar surface area (TPSA) is 87.3 Å². The van der Waals surface area contributed by atoms with Gasteiger partial charge in [-0.25, -0.2) is 0 Å². The molecule has 3 rings (SSSR count). The van der Waals surface area contributed by atoms with Gasteiger partial charge in [0.05, 0.1) is 5.75 Å². The summed E-state index contributed by atoms with van der Waals surface area (Å²) < 4.78 is 0. The van der Waals surface area contributed by atoms with Crippen molar-refractivity contribution in [3.8, 4) is 0 Å². The number of thioether (sulfide) groups is 1. The lowest BCUT2D eigenvalue weighted by atomic mass is 10.1. The monoisotopic (exact) mass is 433 g/mol. The van der Waals surface area contributed by atoms with E-state index < -0.39 is 0 Å². The second-order valence-electron chi connectivity index (χ2n) is 6.89. The Morgan fingerprint density at radius 1 is 0.774 bits per heavy atom. The highest BCUT2D eigenvalue weighted by molar-refractivity contribution is 8.00. The zero-order chi connectivity index (χ0) is 22.2. The lowest BCUT2D eigenvalue weighted by Gasteiger charge is -2.09. The van der Waals surface area contributed by atoms with Gasteiger partial charge in [0.15, 0.2) is 0 Å². The first kappa shape index (κ1) is 22.1. The molecule has 0 radical (unpaired) electrons. The van der Waals surface area contributed by atoms with E-state index in [4.69, 9.17) is 0 Å². The zero-order valence-corrected chi connectivity index (χ0v) is 18.1. The number of rotatable bonds is 7. The Morgan fingerprint density at radius 3 is 2.13 bits per heavy atom. The summed E-state index contributed by atoms with van der Waals surface area (Å²) >= 11 is 1.38. The number of aryl methyl sites for hydroxylation is 1. The van der Waals surface area contributed by atoms with Gasteiger partial charge >= 0.3 is 0 Å². The van der Waals surface area contributed by atoms with Gasteiger partial charge in [0, 0.05) is 34.4 Å². The van der Waals surface area contributed by atoms with E-state index in [1.54, 1.807) is 30.3 Å². The van der Waals surface area contributed by atoms with Gasteiger partial charge in [-0.05, 0) is 61.0 Å². The number of nitrogens with one attached hydrogen (secondary N) is 3. The average molecular weight is 434 g/mol. The van der Waals surface area contributed by atoms with Crippen molar-refractivity contribution >= 4 is 46.5 Å². The van der Waals surface area contributed by atoms with Crippen LogP contribution in [0.25, 0.3) is 0 Å². The van der Waals surface area contributed by atoms with E-state index in [0.29, 0.717) is 22.6 Å². The molecule has 0 saturated carbocycles. The van der Waals surface area contributed by atoms with E-state index in [2.05, 4.69) is 16.0 Å². The number of hydrogen-bond donors (Lipinski definition) is 3. The number of hydrogen-bond acceptors (Lipinski definition) is 4. The molecule has 31 heavy (non-hydrogen) atoms. The predicted octanol–water partition coefficient (Wildman–Crippen LogP) is 4.94. The molecule has 0 unspecified atom stereocenters. The summed E-state index contributed by atoms with van der Waals surface area (Å²) in [6.45, 7) is 3.34. The van der Waals surface area contributed by atoms with Gasteiger partial charge in [0.2, 0.25) is 11.8 Å². The minimum absolute atomic E-state index is 0.147. The first-order valence-corrected chi connectivity index (χ1v) is 10.7. The Balaban J connectivity index is 1.53. The van der Waals surface area contributed by atoms with E-state index >= 15 is 0 Å². The van der Waals surface area contributed by atoms with Crippen molar-refractivity contribution in [2.75, 3.05) is 21.7 Å². The van der Waals surface area contributed by atoms with E-state index in [1.807, 2.05) is 49.4 Å². The minimum atomic E-state index is -0.166. The maximum Gasteiger partial charge on any atom is 0.255 e. The SMILES string of the molecule is CC(=O)Nc1ccc(NC(=O)CSc2cccc(NC(=O)c3ccccc3C)c2)cc1. The van der Waals surface area contributed by atoms with Crippen LogP contribution >= 0.6 is 11.8 Å². The average Bonchev–Trinajstić information content (AvgIpc) is 2.74. The van der Waals surface area contributed by atoms with Crippen LogP contribution in [0, 0.1) is 6.92 Å². The molecule has 3 aromatic rings. The molecule has 6 nitrogen and oxygen atoms in total. The van der Waals surface area contributed by atoms with Crippen LogP contribution in [0.5, 0.6) is 0 Å². The Kier molecular flexibility index (Phi) is 7.45. The van der Waals surface area contributed by atoms with Crippen molar-refractivity contribution in [1.29, 1.82) is 0 Å². The third-order valence-corrected chi connectivity index (χ3v) is 5.33. The van der Waals surface area contributed by atoms with Crippen LogP contribution in [-0.2, 0) is 9.59 Å². The molecule has 0 aliphatic heterocycles. The molecule has 0 aliphatic rings. The van der Waals surface area contributed by atoms with Crippen LogP contribution < -0.4 is 16.0 Å². The highest BCUT2D eigenvalue weighted by Gasteiger charge is 2.10. The van der Waals surface area contributed by atoms with Crippen molar-refractivity contribution in [3.05, 3.63) is 83.9 Å². The molecule has 0 aliphatic carbocycles. The summed E-state index contributed by atoms with van der Waals surface area (Å²) in [6, 6.07) is 21.7. The molecule has 0 bridgehead atoms. The molecule has 158 valence electrons. The van der Waals surface area contributed by atoms with Gasteiger partial charge in [0.1, 0.15) is 0 Å². The van der Waals surface area contributed by atoms with Crippen LogP contribution in [0.4, 0.5) is 17.1 Å². The maximum atomic E-state index is 12.5. The van der Waals surface area contributed by atoms with Gasteiger partial charge in [0.25, 0.3) is 5.91 Å². The quantitative estimate of drug-likeness (QED) is 0.461. The van der Waals surface area contributed by atoms with Gasteiger partial charge in [-0.15, -0.1) is 11.8 Å². The molecule has 0 fully saturated rings. The van der Waals surface area contributed by atoms with Crippen LogP contribution in [0.1, 0.15) is 22.8 Å². The van der Waals surface area contributed by atoms with Crippen molar-refractivity contribution < 1.29 is 14.4 Å². The highest BCUT2D eigenvalue weighted by atomic mass is 32.2. The number of carbonyl (C=O) groups is 3. The fourth-order valence-electron chi connectivity index (χ4n) is 2.88. The number of amides is 3. The summed E-state index contributed by atoms with van der Waals surface area (Å²) in [4.78, 5) is 36.7. The van der Waals surface area contributed by atoms with E-state index in [-0.39, 0.29) is 23.5 Å². The van der Waals surface area contributed by atoms with Crippen molar-refractivity contribution in [2.45, 2.75) is 18.7 Å². The predicted molar refractivity (Wildman–Crippen MR) is 126 cm³/mol. The molecule has 0 spiro atoms. The largest absolute Gasteiger partial charge is 0.326 e. The molecule has 0 heterocycles. The second-order valence-corrected chi connectivity index (χ2v) is 7.94. The summed E-state index contributed by atoms with van der Waals surface area (Å²) in [5.74, 6) is -0.235. The maximum absolute atomic E-state index is 12.5. The lowest BCUT2D eigenvalue weighted by molar-refractivity contribution is -0.114. The highest BCUT2D eigenvalue weighted by Crippen LogP contribution is 2.23. The summed E-state index contributed by atoms with van der Waals surface area (Å²) in [6.07, 6.45) is 0. The van der Waals surface area contributed by atoms with E-state index in [9.17, 15) is 14.4 Å². The Hall–Kier alpha value is -3.58. The molecular formula is C24H23N3O3S. The van der Waals surface area contributed by atoms with Crippen molar-refractivity contribution in [3.63, 3.8) is 0 Å². The fraction of sp³-hybridized carbons (Fsp3) is 0.125. The summed E-state index contributed by atoms with van der Waals surface area (Å²) in [5.41, 5.74) is 3.53. The van der Waals surface area contributed by atoms with Crippen LogP contribution in [0.15, 0.2) is 77.7 Å². The van der Waals surface area contributed by atoms with Crippen LogP contribution in [0.3, 0.4) is 0 Å².